The molecule has 15 rings (SSSR count). The highest BCUT2D eigenvalue weighted by molar-refractivity contribution is 6.26. The number of anilines is 3. The smallest absolute Gasteiger partial charge is 0.135 e. The van der Waals surface area contributed by atoms with Gasteiger partial charge < -0.3 is 9.32 Å². The second kappa shape index (κ2) is 14.5. The van der Waals surface area contributed by atoms with E-state index in [9.17, 15) is 0 Å². The Hall–Kier alpha value is -8.98. The predicted octanol–water partition coefficient (Wildman–Crippen LogP) is 18.2. The highest BCUT2D eigenvalue weighted by Gasteiger charge is 2.51. The maximum absolute atomic E-state index is 6.13. The van der Waals surface area contributed by atoms with Crippen molar-refractivity contribution in [2.45, 2.75) is 5.41 Å². The molecule has 0 aliphatic heterocycles. The molecule has 0 bridgehead atoms. The SMILES string of the molecule is c1ccc2c(c1)-c1ccccc1C21c2ccccc2-c2ccc(N(c3ccc(-c4ccc(-c5ccc6oc7ccccc7c6c5)cc4)cc3)c3ccc4c5ccccc5c5ccccc5c4c3)cc21. The minimum Gasteiger partial charge on any atom is -0.456 e. The van der Waals surface area contributed by atoms with Crippen LogP contribution in [-0.2, 0) is 5.41 Å². The third-order valence-corrected chi connectivity index (χ3v) is 15.3. The van der Waals surface area contributed by atoms with Crippen molar-refractivity contribution in [1.29, 1.82) is 0 Å². The first-order chi connectivity index (χ1) is 34.2. The largest absolute Gasteiger partial charge is 0.456 e. The van der Waals surface area contributed by atoms with Gasteiger partial charge in [0.25, 0.3) is 0 Å². The standard InChI is InChI=1S/C67H41NO/c1-2-15-51-49(13-1)50-14-3-4-16-52(50)59-40-47(34-36-53(51)59)68(46-32-29-43(30-33-46)42-25-27-44(28-26-42)45-31-38-66-60(39-45)58-20-8-12-24-65(58)69-66)48-35-37-57-56-19-7-11-23-63(56)67(64(57)41-48)61-21-9-5-17-54(61)55-18-6-10-22-62(55)67/h1-41H. The average Bonchev–Trinajstić information content (AvgIpc) is 4.05. The maximum Gasteiger partial charge on any atom is 0.135 e. The summed E-state index contributed by atoms with van der Waals surface area (Å²) in [5, 5.41) is 9.86. The highest BCUT2D eigenvalue weighted by atomic mass is 16.3. The summed E-state index contributed by atoms with van der Waals surface area (Å²) < 4.78 is 6.13. The molecule has 1 aromatic heterocycles. The third kappa shape index (κ3) is 5.43. The molecule has 2 heteroatoms. The summed E-state index contributed by atoms with van der Waals surface area (Å²) in [4.78, 5) is 2.47. The fourth-order valence-corrected chi connectivity index (χ4v) is 12.3. The van der Waals surface area contributed by atoms with Gasteiger partial charge in [0.1, 0.15) is 11.2 Å². The zero-order chi connectivity index (χ0) is 45.2. The Balaban J connectivity index is 0.895. The van der Waals surface area contributed by atoms with Crippen molar-refractivity contribution in [2.24, 2.45) is 0 Å². The van der Waals surface area contributed by atoms with Crippen molar-refractivity contribution in [3.05, 3.63) is 271 Å². The predicted molar refractivity (Wildman–Crippen MR) is 288 cm³/mol. The van der Waals surface area contributed by atoms with E-state index < -0.39 is 5.41 Å². The molecule has 320 valence electrons. The zero-order valence-electron chi connectivity index (χ0n) is 37.5. The summed E-state index contributed by atoms with van der Waals surface area (Å²) in [5.41, 5.74) is 19.9. The molecule has 2 aliphatic carbocycles. The molecule has 2 nitrogen and oxygen atoms in total. The second-order valence-corrected chi connectivity index (χ2v) is 18.7. The van der Waals surface area contributed by atoms with Gasteiger partial charge in [-0.25, -0.2) is 0 Å². The minimum atomic E-state index is -0.451. The number of rotatable bonds is 5. The molecule has 2 aliphatic rings. The number of hydrogen-bond acceptors (Lipinski definition) is 2. The molecule has 69 heavy (non-hydrogen) atoms. The van der Waals surface area contributed by atoms with Crippen molar-refractivity contribution in [1.82, 2.24) is 0 Å². The number of para-hydroxylation sites is 1. The van der Waals surface area contributed by atoms with E-state index in [1.54, 1.807) is 0 Å². The first kappa shape index (κ1) is 38.2. The molecule has 0 unspecified atom stereocenters. The molecule has 0 radical (unpaired) electrons. The van der Waals surface area contributed by atoms with Crippen molar-refractivity contribution in [2.75, 3.05) is 4.90 Å². The Bertz CT molecular complexity index is 4150. The monoisotopic (exact) mass is 875 g/mol. The molecule has 0 amide bonds. The average molecular weight is 876 g/mol. The van der Waals surface area contributed by atoms with E-state index in [2.05, 4.69) is 241 Å². The van der Waals surface area contributed by atoms with Gasteiger partial charge in [0.15, 0.2) is 0 Å². The van der Waals surface area contributed by atoms with Gasteiger partial charge in [0, 0.05) is 27.8 Å². The van der Waals surface area contributed by atoms with E-state index in [1.807, 2.05) is 12.1 Å². The summed E-state index contributed by atoms with van der Waals surface area (Å²) in [6, 6.07) is 92.0. The first-order valence-electron chi connectivity index (χ1n) is 23.9. The van der Waals surface area contributed by atoms with Gasteiger partial charge in [-0.15, -0.1) is 0 Å². The third-order valence-electron chi connectivity index (χ3n) is 15.3. The van der Waals surface area contributed by atoms with Crippen LogP contribution in [0.1, 0.15) is 22.3 Å². The van der Waals surface area contributed by atoms with Crippen molar-refractivity contribution >= 4 is 71.3 Å². The molecule has 0 N–H and O–H groups in total. The van der Waals surface area contributed by atoms with Gasteiger partial charge in [-0.05, 0) is 154 Å². The topological polar surface area (TPSA) is 16.4 Å². The fourth-order valence-electron chi connectivity index (χ4n) is 12.3. The highest BCUT2D eigenvalue weighted by Crippen LogP contribution is 2.63. The molecular formula is C67H41NO. The van der Waals surface area contributed by atoms with Crippen molar-refractivity contribution < 1.29 is 4.42 Å². The lowest BCUT2D eigenvalue weighted by molar-refractivity contribution is 0.669. The van der Waals surface area contributed by atoms with Gasteiger partial charge >= 0.3 is 0 Å². The zero-order valence-corrected chi connectivity index (χ0v) is 37.5. The summed E-state index contributed by atoms with van der Waals surface area (Å²) in [7, 11) is 0. The fraction of sp³-hybridized carbons (Fsp3) is 0.0149. The Kier molecular flexibility index (Phi) is 8.02. The minimum absolute atomic E-state index is 0.451. The van der Waals surface area contributed by atoms with Crippen LogP contribution in [0.25, 0.3) is 98.8 Å². The molecule has 1 spiro atoms. The van der Waals surface area contributed by atoms with Gasteiger partial charge in [0.2, 0.25) is 0 Å². The Morgan fingerprint density at radius 3 is 1.26 bits per heavy atom. The number of benzene rings is 12. The Labute approximate surface area is 399 Å². The number of furan rings is 1. The van der Waals surface area contributed by atoms with Crippen LogP contribution in [-0.4, -0.2) is 0 Å². The molecule has 0 fully saturated rings. The maximum atomic E-state index is 6.13. The lowest BCUT2D eigenvalue weighted by Gasteiger charge is -2.32. The molecule has 0 atom stereocenters. The van der Waals surface area contributed by atoms with Crippen LogP contribution < -0.4 is 4.90 Å². The Morgan fingerprint density at radius 1 is 0.246 bits per heavy atom. The van der Waals surface area contributed by atoms with Crippen LogP contribution in [0.4, 0.5) is 17.1 Å². The van der Waals surface area contributed by atoms with E-state index in [1.165, 1.54) is 99.1 Å². The van der Waals surface area contributed by atoms with Crippen LogP contribution in [0, 0.1) is 0 Å². The molecule has 12 aromatic carbocycles. The van der Waals surface area contributed by atoms with Gasteiger partial charge in [-0.1, -0.05) is 194 Å². The van der Waals surface area contributed by atoms with E-state index >= 15 is 0 Å². The summed E-state index contributed by atoms with van der Waals surface area (Å²) in [6.45, 7) is 0. The van der Waals surface area contributed by atoms with Gasteiger partial charge in [0.05, 0.1) is 5.41 Å². The summed E-state index contributed by atoms with van der Waals surface area (Å²) in [6.07, 6.45) is 0. The second-order valence-electron chi connectivity index (χ2n) is 18.7. The molecule has 0 saturated heterocycles. The van der Waals surface area contributed by atoms with Crippen LogP contribution in [0.5, 0.6) is 0 Å². The molecule has 1 heterocycles. The van der Waals surface area contributed by atoms with E-state index in [0.29, 0.717) is 0 Å². The van der Waals surface area contributed by atoms with Crippen LogP contribution in [0.3, 0.4) is 0 Å². The van der Waals surface area contributed by atoms with Crippen molar-refractivity contribution in [3.63, 3.8) is 0 Å². The van der Waals surface area contributed by atoms with Crippen LogP contribution in [0.15, 0.2) is 253 Å². The lowest BCUT2D eigenvalue weighted by atomic mass is 9.70. The van der Waals surface area contributed by atoms with Gasteiger partial charge in [-0.3, -0.25) is 0 Å². The van der Waals surface area contributed by atoms with Crippen LogP contribution in [0.2, 0.25) is 0 Å². The Morgan fingerprint density at radius 2 is 0.652 bits per heavy atom. The first-order valence-corrected chi connectivity index (χ1v) is 23.9. The normalized spacial score (nSPS) is 13.0. The molecule has 13 aromatic rings. The van der Waals surface area contributed by atoms with E-state index in [0.717, 1.165) is 39.0 Å². The number of hydrogen-bond donors (Lipinski definition) is 0. The molecule has 0 saturated carbocycles. The van der Waals surface area contributed by atoms with E-state index in [-0.39, 0.29) is 0 Å². The number of nitrogens with zero attached hydrogens (tertiary/aromatic N) is 1. The summed E-state index contributed by atoms with van der Waals surface area (Å²) in [5.74, 6) is 0. The van der Waals surface area contributed by atoms with Crippen molar-refractivity contribution in [3.8, 4) is 44.5 Å². The summed E-state index contributed by atoms with van der Waals surface area (Å²) >= 11 is 0. The number of fused-ring (bicyclic) bond motifs is 19. The van der Waals surface area contributed by atoms with E-state index in [4.69, 9.17) is 4.42 Å². The van der Waals surface area contributed by atoms with Gasteiger partial charge in [-0.2, -0.15) is 0 Å². The molecular weight excluding hydrogens is 835 g/mol. The van der Waals surface area contributed by atoms with Crippen LogP contribution >= 0.6 is 0 Å². The lowest BCUT2D eigenvalue weighted by Crippen LogP contribution is -2.26. The quantitative estimate of drug-likeness (QED) is 0.160.